The highest BCUT2D eigenvalue weighted by molar-refractivity contribution is 5.71. The number of piperidine rings is 1. The Kier molecular flexibility index (Phi) is 4.18. The van der Waals surface area contributed by atoms with E-state index in [1.54, 1.807) is 0 Å². The van der Waals surface area contributed by atoms with Gasteiger partial charge in [0.15, 0.2) is 0 Å². The van der Waals surface area contributed by atoms with E-state index in [1.165, 1.54) is 7.11 Å². The van der Waals surface area contributed by atoms with Crippen LogP contribution in [0.4, 0.5) is 0 Å². The van der Waals surface area contributed by atoms with Gasteiger partial charge in [-0.3, -0.25) is 9.69 Å². The van der Waals surface area contributed by atoms with Gasteiger partial charge in [-0.2, -0.15) is 0 Å². The van der Waals surface area contributed by atoms with Gasteiger partial charge in [-0.05, 0) is 38.4 Å². The van der Waals surface area contributed by atoms with E-state index in [1.807, 2.05) is 0 Å². The Hall–Kier alpha value is -0.610. The lowest BCUT2D eigenvalue weighted by Crippen LogP contribution is -2.39. The van der Waals surface area contributed by atoms with Crippen LogP contribution in [0.3, 0.4) is 0 Å². The van der Waals surface area contributed by atoms with E-state index in [0.717, 1.165) is 32.5 Å². The van der Waals surface area contributed by atoms with E-state index in [2.05, 4.69) is 9.64 Å². The molecule has 0 saturated carbocycles. The minimum absolute atomic E-state index is 0.147. The zero-order valence-electron chi connectivity index (χ0n) is 8.16. The van der Waals surface area contributed by atoms with Crippen molar-refractivity contribution < 1.29 is 9.53 Å². The highest BCUT2D eigenvalue weighted by Crippen LogP contribution is 2.15. The van der Waals surface area contributed by atoms with Gasteiger partial charge in [0.05, 0.1) is 13.7 Å². The zero-order chi connectivity index (χ0) is 9.68. The van der Waals surface area contributed by atoms with Gasteiger partial charge in [0.25, 0.3) is 0 Å². The Bertz CT molecular complexity index is 165. The number of nitrogens with two attached hydrogens (primary N) is 1. The monoisotopic (exact) mass is 186 g/mol. The third-order valence-corrected chi connectivity index (χ3v) is 2.62. The number of esters is 1. The molecule has 13 heavy (non-hydrogen) atoms. The van der Waals surface area contributed by atoms with Gasteiger partial charge < -0.3 is 10.5 Å². The Balaban J connectivity index is 2.21. The highest BCUT2D eigenvalue weighted by Gasteiger charge is 2.19. The summed E-state index contributed by atoms with van der Waals surface area (Å²) in [6.45, 7) is 3.13. The summed E-state index contributed by atoms with van der Waals surface area (Å²) in [6, 6.07) is 0. The van der Waals surface area contributed by atoms with Crippen LogP contribution in [0.15, 0.2) is 0 Å². The van der Waals surface area contributed by atoms with Crippen LogP contribution >= 0.6 is 0 Å². The van der Waals surface area contributed by atoms with Gasteiger partial charge in [-0.1, -0.05) is 0 Å². The standard InChI is InChI=1S/C9H18N2O2/c1-13-9(12)7-11-4-2-8(6-10)3-5-11/h8H,2-7,10H2,1H3. The average Bonchev–Trinajstić information content (AvgIpc) is 2.19. The fourth-order valence-corrected chi connectivity index (χ4v) is 1.63. The SMILES string of the molecule is COC(=O)CN1CCC(CN)CC1. The van der Waals surface area contributed by atoms with Crippen LogP contribution in [-0.2, 0) is 9.53 Å². The molecular weight excluding hydrogens is 168 g/mol. The fourth-order valence-electron chi connectivity index (χ4n) is 1.63. The molecule has 0 aliphatic carbocycles. The number of ether oxygens (including phenoxy) is 1. The van der Waals surface area contributed by atoms with E-state index >= 15 is 0 Å². The van der Waals surface area contributed by atoms with Crippen molar-refractivity contribution in [3.63, 3.8) is 0 Å². The molecule has 0 amide bonds. The summed E-state index contributed by atoms with van der Waals surface area (Å²) in [5.41, 5.74) is 5.57. The van der Waals surface area contributed by atoms with Crippen LogP contribution in [-0.4, -0.2) is 44.2 Å². The van der Waals surface area contributed by atoms with E-state index in [9.17, 15) is 4.79 Å². The van der Waals surface area contributed by atoms with Crippen LogP contribution in [0.1, 0.15) is 12.8 Å². The topological polar surface area (TPSA) is 55.6 Å². The number of hydrogen-bond acceptors (Lipinski definition) is 4. The first-order chi connectivity index (χ1) is 6.26. The third kappa shape index (κ3) is 3.32. The molecule has 0 aromatic rings. The normalized spacial score (nSPS) is 20.2. The molecule has 0 aromatic heterocycles. The van der Waals surface area contributed by atoms with Gasteiger partial charge in [-0.25, -0.2) is 0 Å². The molecular formula is C9H18N2O2. The molecule has 1 aliphatic rings. The first-order valence-corrected chi connectivity index (χ1v) is 4.75. The number of rotatable bonds is 3. The molecule has 0 bridgehead atoms. The lowest BCUT2D eigenvalue weighted by atomic mass is 9.97. The van der Waals surface area contributed by atoms with Crippen LogP contribution in [0, 0.1) is 5.92 Å². The first-order valence-electron chi connectivity index (χ1n) is 4.75. The second-order valence-electron chi connectivity index (χ2n) is 3.53. The number of methoxy groups -OCH3 is 1. The first kappa shape index (κ1) is 10.5. The van der Waals surface area contributed by atoms with E-state index < -0.39 is 0 Å². The largest absolute Gasteiger partial charge is 0.468 e. The van der Waals surface area contributed by atoms with Crippen LogP contribution in [0.5, 0.6) is 0 Å². The van der Waals surface area contributed by atoms with E-state index in [-0.39, 0.29) is 5.97 Å². The summed E-state index contributed by atoms with van der Waals surface area (Å²) in [5, 5.41) is 0. The Morgan fingerprint density at radius 3 is 2.62 bits per heavy atom. The Morgan fingerprint density at radius 2 is 2.15 bits per heavy atom. The second kappa shape index (κ2) is 5.19. The molecule has 2 N–H and O–H groups in total. The maximum absolute atomic E-state index is 10.9. The lowest BCUT2D eigenvalue weighted by Gasteiger charge is -2.30. The lowest BCUT2D eigenvalue weighted by molar-refractivity contribution is -0.142. The van der Waals surface area contributed by atoms with Gasteiger partial charge in [0.2, 0.25) is 0 Å². The summed E-state index contributed by atoms with van der Waals surface area (Å²) in [4.78, 5) is 13.1. The van der Waals surface area contributed by atoms with Gasteiger partial charge >= 0.3 is 5.97 Å². The molecule has 0 radical (unpaired) electrons. The number of carbonyl (C=O) groups excluding carboxylic acids is 1. The van der Waals surface area contributed by atoms with E-state index in [0.29, 0.717) is 12.5 Å². The molecule has 0 spiro atoms. The Morgan fingerprint density at radius 1 is 1.54 bits per heavy atom. The Labute approximate surface area is 79.0 Å². The maximum Gasteiger partial charge on any atom is 0.319 e. The van der Waals surface area contributed by atoms with Crippen molar-refractivity contribution in [2.75, 3.05) is 33.3 Å². The summed E-state index contributed by atoms with van der Waals surface area (Å²) in [6.07, 6.45) is 2.21. The number of carbonyl (C=O) groups is 1. The van der Waals surface area contributed by atoms with Crippen molar-refractivity contribution in [2.24, 2.45) is 11.7 Å². The fraction of sp³-hybridized carbons (Fsp3) is 0.889. The maximum atomic E-state index is 10.9. The smallest absolute Gasteiger partial charge is 0.319 e. The quantitative estimate of drug-likeness (QED) is 0.622. The van der Waals surface area contributed by atoms with Crippen LogP contribution in [0.25, 0.3) is 0 Å². The molecule has 0 atom stereocenters. The average molecular weight is 186 g/mol. The summed E-state index contributed by atoms with van der Waals surface area (Å²) < 4.78 is 4.60. The zero-order valence-corrected chi connectivity index (χ0v) is 8.16. The summed E-state index contributed by atoms with van der Waals surface area (Å²) in [7, 11) is 1.43. The minimum Gasteiger partial charge on any atom is -0.468 e. The van der Waals surface area contributed by atoms with Crippen molar-refractivity contribution in [1.29, 1.82) is 0 Å². The van der Waals surface area contributed by atoms with Crippen molar-refractivity contribution in [3.8, 4) is 0 Å². The van der Waals surface area contributed by atoms with Gasteiger partial charge in [0.1, 0.15) is 0 Å². The van der Waals surface area contributed by atoms with Crippen molar-refractivity contribution in [3.05, 3.63) is 0 Å². The van der Waals surface area contributed by atoms with Crippen LogP contribution in [0.2, 0.25) is 0 Å². The molecule has 1 fully saturated rings. The summed E-state index contributed by atoms with van der Waals surface area (Å²) in [5.74, 6) is 0.500. The molecule has 1 aliphatic heterocycles. The highest BCUT2D eigenvalue weighted by atomic mass is 16.5. The molecule has 4 nitrogen and oxygen atoms in total. The minimum atomic E-state index is -0.147. The molecule has 1 saturated heterocycles. The van der Waals surface area contributed by atoms with Crippen LogP contribution < -0.4 is 5.73 Å². The molecule has 1 rings (SSSR count). The summed E-state index contributed by atoms with van der Waals surface area (Å²) >= 11 is 0. The van der Waals surface area contributed by atoms with E-state index in [4.69, 9.17) is 5.73 Å². The molecule has 76 valence electrons. The number of nitrogens with zero attached hydrogens (tertiary/aromatic N) is 1. The second-order valence-corrected chi connectivity index (χ2v) is 3.53. The van der Waals surface area contributed by atoms with Crippen molar-refractivity contribution in [1.82, 2.24) is 4.90 Å². The van der Waals surface area contributed by atoms with Gasteiger partial charge in [-0.15, -0.1) is 0 Å². The third-order valence-electron chi connectivity index (χ3n) is 2.62. The number of hydrogen-bond donors (Lipinski definition) is 1. The van der Waals surface area contributed by atoms with Crippen molar-refractivity contribution >= 4 is 5.97 Å². The molecule has 0 aromatic carbocycles. The van der Waals surface area contributed by atoms with Crippen molar-refractivity contribution in [2.45, 2.75) is 12.8 Å². The predicted molar refractivity (Wildman–Crippen MR) is 50.2 cm³/mol. The number of likely N-dealkylation sites (tertiary alicyclic amines) is 1. The predicted octanol–water partition coefficient (Wildman–Crippen LogP) is -0.170. The molecule has 1 heterocycles. The molecule has 4 heteroatoms. The van der Waals surface area contributed by atoms with Gasteiger partial charge in [0, 0.05) is 0 Å². The molecule has 0 unspecified atom stereocenters.